The summed E-state index contributed by atoms with van der Waals surface area (Å²) < 4.78 is 14.1. The third kappa shape index (κ3) is 2.56. The molecule has 2 aliphatic rings. The van der Waals surface area contributed by atoms with E-state index in [-0.39, 0.29) is 12.1 Å². The summed E-state index contributed by atoms with van der Waals surface area (Å²) in [5.74, 6) is 1.30. The average Bonchev–Trinajstić information content (AvgIpc) is 3.10. The van der Waals surface area contributed by atoms with Crippen LogP contribution in [0.3, 0.4) is 0 Å². The lowest BCUT2D eigenvalue weighted by molar-refractivity contribution is -0.0382. The quantitative estimate of drug-likeness (QED) is 0.451. The number of para-hydroxylation sites is 1. The molecule has 6 rings (SSSR count). The van der Waals surface area contributed by atoms with Crippen LogP contribution in [0.1, 0.15) is 36.1 Å². The topological polar surface area (TPSA) is 35.4 Å². The molecule has 3 atom stereocenters. The number of hydrogen-bond donors (Lipinski definition) is 1. The smallest absolute Gasteiger partial charge is 0.119 e. The fourth-order valence-electron chi connectivity index (χ4n) is 5.48. The van der Waals surface area contributed by atoms with Crippen LogP contribution in [0.5, 0.6) is 5.75 Å². The molecule has 0 saturated carbocycles. The van der Waals surface area contributed by atoms with Crippen LogP contribution in [0.25, 0.3) is 21.8 Å². The highest BCUT2D eigenvalue weighted by molar-refractivity contribution is 6.08. The summed E-state index contributed by atoms with van der Waals surface area (Å²) in [6.45, 7) is 0.826. The molecule has 1 saturated heterocycles. The molecule has 0 aliphatic carbocycles. The number of fused-ring (bicyclic) bond motifs is 6. The van der Waals surface area contributed by atoms with Crippen molar-refractivity contribution in [1.82, 2.24) is 4.57 Å². The van der Waals surface area contributed by atoms with Crippen molar-refractivity contribution in [2.45, 2.75) is 25.0 Å². The Hall–Kier alpha value is -2.98. The van der Waals surface area contributed by atoms with Gasteiger partial charge in [-0.2, -0.15) is 0 Å². The van der Waals surface area contributed by atoms with Crippen molar-refractivity contribution < 1.29 is 9.47 Å². The monoisotopic (exact) mass is 398 g/mol. The molecule has 4 nitrogen and oxygen atoms in total. The number of aromatic nitrogens is 1. The molecular weight excluding hydrogens is 372 g/mol. The van der Waals surface area contributed by atoms with Crippen LogP contribution in [0, 0.1) is 5.92 Å². The highest BCUT2D eigenvalue weighted by Gasteiger charge is 2.40. The maximum absolute atomic E-state index is 6.32. The first-order valence-electron chi connectivity index (χ1n) is 10.8. The molecule has 152 valence electrons. The van der Waals surface area contributed by atoms with Gasteiger partial charge in [-0.1, -0.05) is 24.3 Å². The number of benzene rings is 3. The van der Waals surface area contributed by atoms with E-state index in [0.29, 0.717) is 5.92 Å². The number of methoxy groups -OCH3 is 1. The predicted octanol–water partition coefficient (Wildman–Crippen LogP) is 5.97. The minimum atomic E-state index is 0.110. The first-order chi connectivity index (χ1) is 14.7. The molecule has 3 aromatic carbocycles. The third-order valence-corrected chi connectivity index (χ3v) is 6.97. The van der Waals surface area contributed by atoms with E-state index in [1.54, 1.807) is 7.11 Å². The van der Waals surface area contributed by atoms with E-state index in [1.807, 2.05) is 6.07 Å². The number of aryl methyl sites for hydroxylation is 1. The number of ether oxygens (including phenoxy) is 2. The third-order valence-electron chi connectivity index (χ3n) is 6.97. The highest BCUT2D eigenvalue weighted by atomic mass is 16.5. The Kier molecular flexibility index (Phi) is 4.03. The number of anilines is 1. The first-order valence-corrected chi connectivity index (χ1v) is 10.8. The van der Waals surface area contributed by atoms with Crippen molar-refractivity contribution in [2.75, 3.05) is 19.0 Å². The molecule has 30 heavy (non-hydrogen) atoms. The van der Waals surface area contributed by atoms with Gasteiger partial charge in [0.05, 0.1) is 19.3 Å². The molecular formula is C26H26N2O2. The Morgan fingerprint density at radius 1 is 1.00 bits per heavy atom. The standard InChI is InChI=1S/C26H26N2O2/c1-28-23-8-4-3-6-18(23)20-14-16(9-12-24(20)28)25-19-7-5-13-30-26(19)21-15-17(29-2)10-11-22(21)27-25/h3-4,6,8-12,14-15,19,25-27H,5,7,13H2,1-2H3/t19-,25-,26-/m1/s1. The van der Waals surface area contributed by atoms with Gasteiger partial charge in [-0.3, -0.25) is 0 Å². The van der Waals surface area contributed by atoms with Gasteiger partial charge in [0.1, 0.15) is 5.75 Å². The Balaban J connectivity index is 1.49. The first kappa shape index (κ1) is 17.8. The molecule has 0 amide bonds. The number of rotatable bonds is 2. The van der Waals surface area contributed by atoms with Crippen molar-refractivity contribution >= 4 is 27.5 Å². The summed E-state index contributed by atoms with van der Waals surface area (Å²) >= 11 is 0. The SMILES string of the molecule is COc1ccc2c(c1)[C@@H]1OCCC[C@@H]1[C@@H](c1ccc3c(c1)c1ccccc1n3C)N2. The molecule has 2 aliphatic heterocycles. The molecule has 4 heteroatoms. The lowest BCUT2D eigenvalue weighted by Gasteiger charge is -2.43. The molecule has 3 heterocycles. The second kappa shape index (κ2) is 6.78. The van der Waals surface area contributed by atoms with Crippen molar-refractivity contribution in [3.63, 3.8) is 0 Å². The lowest BCUT2D eigenvalue weighted by atomic mass is 9.77. The maximum Gasteiger partial charge on any atom is 0.119 e. The van der Waals surface area contributed by atoms with Crippen molar-refractivity contribution in [2.24, 2.45) is 13.0 Å². The Labute approximate surface area is 176 Å². The van der Waals surface area contributed by atoms with E-state index >= 15 is 0 Å². The van der Waals surface area contributed by atoms with Gasteiger partial charge in [-0.25, -0.2) is 0 Å². The largest absolute Gasteiger partial charge is 0.497 e. The number of nitrogens with zero attached hydrogens (tertiary/aromatic N) is 1. The summed E-state index contributed by atoms with van der Waals surface area (Å²) in [5, 5.41) is 6.48. The minimum Gasteiger partial charge on any atom is -0.497 e. The Bertz CT molecular complexity index is 1260. The second-order valence-electron chi connectivity index (χ2n) is 8.53. The average molecular weight is 399 g/mol. The zero-order valence-electron chi connectivity index (χ0n) is 17.4. The molecule has 0 spiro atoms. The molecule has 4 aromatic rings. The maximum atomic E-state index is 6.32. The van der Waals surface area contributed by atoms with Crippen LogP contribution >= 0.6 is 0 Å². The van der Waals surface area contributed by atoms with Gasteiger partial charge in [0.25, 0.3) is 0 Å². The summed E-state index contributed by atoms with van der Waals surface area (Å²) in [7, 11) is 3.87. The van der Waals surface area contributed by atoms with E-state index in [0.717, 1.165) is 30.9 Å². The summed E-state index contributed by atoms with van der Waals surface area (Å²) in [4.78, 5) is 0. The van der Waals surface area contributed by atoms with E-state index in [2.05, 4.69) is 71.5 Å². The Morgan fingerprint density at radius 2 is 1.87 bits per heavy atom. The molecule has 0 bridgehead atoms. The van der Waals surface area contributed by atoms with Gasteiger partial charge in [0.2, 0.25) is 0 Å². The van der Waals surface area contributed by atoms with Crippen LogP contribution in [0.15, 0.2) is 60.7 Å². The van der Waals surface area contributed by atoms with Gasteiger partial charge < -0.3 is 19.4 Å². The van der Waals surface area contributed by atoms with Gasteiger partial charge in [0, 0.05) is 52.6 Å². The molecule has 1 N–H and O–H groups in total. The van der Waals surface area contributed by atoms with Crippen LogP contribution in [0.4, 0.5) is 5.69 Å². The van der Waals surface area contributed by atoms with Gasteiger partial charge in [-0.15, -0.1) is 0 Å². The highest BCUT2D eigenvalue weighted by Crippen LogP contribution is 2.50. The Morgan fingerprint density at radius 3 is 2.77 bits per heavy atom. The zero-order chi connectivity index (χ0) is 20.2. The summed E-state index contributed by atoms with van der Waals surface area (Å²) in [5.41, 5.74) is 6.26. The predicted molar refractivity (Wildman–Crippen MR) is 121 cm³/mol. The summed E-state index contributed by atoms with van der Waals surface area (Å²) in [6, 6.07) is 22.1. The van der Waals surface area contributed by atoms with E-state index in [1.165, 1.54) is 32.9 Å². The van der Waals surface area contributed by atoms with Gasteiger partial charge in [-0.05, 0) is 54.8 Å². The van der Waals surface area contributed by atoms with E-state index in [4.69, 9.17) is 9.47 Å². The van der Waals surface area contributed by atoms with Crippen molar-refractivity contribution in [1.29, 1.82) is 0 Å². The lowest BCUT2D eigenvalue weighted by Crippen LogP contribution is -2.36. The van der Waals surface area contributed by atoms with E-state index in [9.17, 15) is 0 Å². The van der Waals surface area contributed by atoms with Crippen molar-refractivity contribution in [3.8, 4) is 5.75 Å². The fourth-order valence-corrected chi connectivity index (χ4v) is 5.48. The summed E-state index contributed by atoms with van der Waals surface area (Å²) in [6.07, 6.45) is 2.38. The fraction of sp³-hybridized carbons (Fsp3) is 0.308. The van der Waals surface area contributed by atoms with Crippen LogP contribution in [-0.2, 0) is 11.8 Å². The van der Waals surface area contributed by atoms with Crippen LogP contribution in [-0.4, -0.2) is 18.3 Å². The number of hydrogen-bond acceptors (Lipinski definition) is 3. The van der Waals surface area contributed by atoms with Gasteiger partial charge >= 0.3 is 0 Å². The van der Waals surface area contributed by atoms with Crippen molar-refractivity contribution in [3.05, 3.63) is 71.8 Å². The number of nitrogens with one attached hydrogen (secondary N) is 1. The second-order valence-corrected chi connectivity index (χ2v) is 8.53. The molecule has 0 unspecified atom stereocenters. The normalized spacial score (nSPS) is 23.1. The minimum absolute atomic E-state index is 0.110. The van der Waals surface area contributed by atoms with Gasteiger partial charge in [0.15, 0.2) is 0 Å². The molecule has 0 radical (unpaired) electrons. The molecule has 1 aromatic heterocycles. The van der Waals surface area contributed by atoms with E-state index < -0.39 is 0 Å². The van der Waals surface area contributed by atoms with Crippen LogP contribution in [0.2, 0.25) is 0 Å². The zero-order valence-corrected chi connectivity index (χ0v) is 17.4. The molecule has 1 fully saturated rings. The van der Waals surface area contributed by atoms with Crippen LogP contribution < -0.4 is 10.1 Å².